The molecule has 6 nitrogen and oxygen atoms in total. The Morgan fingerprint density at radius 1 is 1.16 bits per heavy atom. The smallest absolute Gasteiger partial charge is 0.255 e. The van der Waals surface area contributed by atoms with Gasteiger partial charge < -0.3 is 10.1 Å². The van der Waals surface area contributed by atoms with Crippen LogP contribution >= 0.6 is 11.6 Å². The van der Waals surface area contributed by atoms with Gasteiger partial charge in [-0.05, 0) is 42.8 Å². The Labute approximate surface area is 152 Å². The second kappa shape index (κ2) is 7.43. The molecule has 0 radical (unpaired) electrons. The third kappa shape index (κ3) is 4.12. The van der Waals surface area contributed by atoms with Crippen molar-refractivity contribution >= 4 is 33.2 Å². The number of halogens is 1. The summed E-state index contributed by atoms with van der Waals surface area (Å²) < 4.78 is 30.9. The van der Waals surface area contributed by atoms with Crippen LogP contribution in [0.2, 0.25) is 5.02 Å². The Morgan fingerprint density at radius 2 is 1.84 bits per heavy atom. The molecule has 134 valence electrons. The highest BCUT2D eigenvalue weighted by Gasteiger charge is 2.22. The van der Waals surface area contributed by atoms with Crippen LogP contribution in [0.1, 0.15) is 15.9 Å². The maximum Gasteiger partial charge on any atom is 0.255 e. The van der Waals surface area contributed by atoms with E-state index in [9.17, 15) is 13.2 Å². The predicted molar refractivity (Wildman–Crippen MR) is 98.0 cm³/mol. The van der Waals surface area contributed by atoms with E-state index in [1.165, 1.54) is 39.4 Å². The molecule has 1 amide bonds. The zero-order valence-corrected chi connectivity index (χ0v) is 15.9. The van der Waals surface area contributed by atoms with Crippen molar-refractivity contribution in [1.29, 1.82) is 0 Å². The van der Waals surface area contributed by atoms with Crippen LogP contribution in [-0.2, 0) is 10.0 Å². The third-order valence-corrected chi connectivity index (χ3v) is 5.85. The van der Waals surface area contributed by atoms with E-state index in [0.717, 1.165) is 9.87 Å². The Hall–Kier alpha value is -2.09. The molecule has 0 aliphatic rings. The van der Waals surface area contributed by atoms with E-state index in [-0.39, 0.29) is 15.5 Å². The fourth-order valence-electron chi connectivity index (χ4n) is 2.15. The molecular weight excluding hydrogens is 364 g/mol. The van der Waals surface area contributed by atoms with Crippen LogP contribution in [0.25, 0.3) is 0 Å². The number of amides is 1. The first-order valence-electron chi connectivity index (χ1n) is 7.35. The lowest BCUT2D eigenvalue weighted by Gasteiger charge is -2.14. The van der Waals surface area contributed by atoms with Crippen LogP contribution in [0.5, 0.6) is 5.75 Å². The second-order valence-electron chi connectivity index (χ2n) is 5.59. The molecular formula is C17H19ClN2O4S. The zero-order chi connectivity index (χ0) is 18.8. The number of ether oxygens (including phenoxy) is 1. The number of hydrogen-bond donors (Lipinski definition) is 1. The minimum absolute atomic E-state index is 0.0541. The van der Waals surface area contributed by atoms with Crippen molar-refractivity contribution in [2.75, 3.05) is 26.5 Å². The van der Waals surface area contributed by atoms with Crippen molar-refractivity contribution in [2.45, 2.75) is 11.8 Å². The van der Waals surface area contributed by atoms with Crippen LogP contribution in [0.4, 0.5) is 5.69 Å². The van der Waals surface area contributed by atoms with Crippen LogP contribution in [0, 0.1) is 6.92 Å². The van der Waals surface area contributed by atoms with Gasteiger partial charge in [0.05, 0.1) is 17.8 Å². The number of hydrogen-bond acceptors (Lipinski definition) is 4. The first kappa shape index (κ1) is 19.2. The predicted octanol–water partition coefficient (Wildman–Crippen LogP) is 3.16. The van der Waals surface area contributed by atoms with E-state index in [1.54, 1.807) is 12.1 Å². The summed E-state index contributed by atoms with van der Waals surface area (Å²) in [4.78, 5) is 12.4. The lowest BCUT2D eigenvalue weighted by atomic mass is 10.1. The number of sulfonamides is 1. The first-order chi connectivity index (χ1) is 11.7. The van der Waals surface area contributed by atoms with Gasteiger partial charge in [-0.3, -0.25) is 4.79 Å². The molecule has 2 rings (SSSR count). The van der Waals surface area contributed by atoms with Crippen molar-refractivity contribution in [3.63, 3.8) is 0 Å². The van der Waals surface area contributed by atoms with E-state index in [0.29, 0.717) is 11.4 Å². The van der Waals surface area contributed by atoms with Gasteiger partial charge in [-0.1, -0.05) is 17.7 Å². The monoisotopic (exact) mass is 382 g/mol. The van der Waals surface area contributed by atoms with E-state index in [1.807, 2.05) is 13.0 Å². The maximum atomic E-state index is 12.5. The second-order valence-corrected chi connectivity index (χ2v) is 8.12. The van der Waals surface area contributed by atoms with Crippen LogP contribution in [-0.4, -0.2) is 39.8 Å². The number of nitrogens with one attached hydrogen (secondary N) is 1. The van der Waals surface area contributed by atoms with Gasteiger partial charge in [-0.15, -0.1) is 0 Å². The molecule has 0 atom stereocenters. The molecule has 2 aromatic carbocycles. The Morgan fingerprint density at radius 3 is 2.44 bits per heavy atom. The average Bonchev–Trinajstić information content (AvgIpc) is 2.55. The van der Waals surface area contributed by atoms with Crippen LogP contribution < -0.4 is 10.1 Å². The fourth-order valence-corrected chi connectivity index (χ4v) is 3.55. The standard InChI is InChI=1S/C17H19ClN2O4S/c1-11-5-8-15(24-4)14(9-11)19-17(21)12-6-7-13(18)16(10-12)25(22,23)20(2)3/h5-10H,1-4H3,(H,19,21). The summed E-state index contributed by atoms with van der Waals surface area (Å²) >= 11 is 6.00. The molecule has 0 heterocycles. The minimum atomic E-state index is -3.76. The maximum absolute atomic E-state index is 12.5. The normalized spacial score (nSPS) is 11.4. The summed E-state index contributed by atoms with van der Waals surface area (Å²) in [5.41, 5.74) is 1.62. The van der Waals surface area contributed by atoms with Crippen molar-refractivity contribution < 1.29 is 17.9 Å². The summed E-state index contributed by atoms with van der Waals surface area (Å²) in [5.74, 6) is 0.0461. The van der Waals surface area contributed by atoms with E-state index < -0.39 is 15.9 Å². The highest BCUT2D eigenvalue weighted by Crippen LogP contribution is 2.28. The number of rotatable bonds is 5. The SMILES string of the molecule is COc1ccc(C)cc1NC(=O)c1ccc(Cl)c(S(=O)(=O)N(C)C)c1. The quantitative estimate of drug-likeness (QED) is 0.861. The summed E-state index contributed by atoms with van der Waals surface area (Å²) in [6.07, 6.45) is 0. The molecule has 0 spiro atoms. The molecule has 0 saturated carbocycles. The number of carbonyl (C=O) groups is 1. The van der Waals surface area contributed by atoms with E-state index in [4.69, 9.17) is 16.3 Å². The highest BCUT2D eigenvalue weighted by atomic mass is 35.5. The topological polar surface area (TPSA) is 75.7 Å². The lowest BCUT2D eigenvalue weighted by molar-refractivity contribution is 0.102. The summed E-state index contributed by atoms with van der Waals surface area (Å²) in [6.45, 7) is 1.89. The van der Waals surface area contributed by atoms with E-state index in [2.05, 4.69) is 5.32 Å². The molecule has 0 fully saturated rings. The van der Waals surface area contributed by atoms with Crippen LogP contribution in [0.3, 0.4) is 0 Å². The van der Waals surface area contributed by atoms with Gasteiger partial charge in [0.2, 0.25) is 10.0 Å². The molecule has 8 heteroatoms. The van der Waals surface area contributed by atoms with E-state index >= 15 is 0 Å². The molecule has 2 aromatic rings. The number of nitrogens with zero attached hydrogens (tertiary/aromatic N) is 1. The number of aryl methyl sites for hydroxylation is 1. The molecule has 0 aliphatic heterocycles. The summed E-state index contributed by atoms with van der Waals surface area (Å²) in [7, 11) is 0.543. The van der Waals surface area contributed by atoms with Gasteiger partial charge in [0.15, 0.2) is 0 Å². The zero-order valence-electron chi connectivity index (χ0n) is 14.3. The highest BCUT2D eigenvalue weighted by molar-refractivity contribution is 7.89. The van der Waals surface area contributed by atoms with Gasteiger partial charge in [0.1, 0.15) is 10.6 Å². The van der Waals surface area contributed by atoms with Gasteiger partial charge >= 0.3 is 0 Å². The first-order valence-corrected chi connectivity index (χ1v) is 9.16. The van der Waals surface area contributed by atoms with Crippen molar-refractivity contribution in [3.8, 4) is 5.75 Å². The largest absolute Gasteiger partial charge is 0.495 e. The molecule has 0 saturated heterocycles. The molecule has 0 unspecified atom stereocenters. The average molecular weight is 383 g/mol. The van der Waals surface area contributed by atoms with Gasteiger partial charge in [-0.2, -0.15) is 0 Å². The molecule has 0 aromatic heterocycles. The Balaban J connectivity index is 2.40. The molecule has 1 N–H and O–H groups in total. The third-order valence-electron chi connectivity index (χ3n) is 3.56. The molecule has 0 aliphatic carbocycles. The van der Waals surface area contributed by atoms with Crippen molar-refractivity contribution in [2.24, 2.45) is 0 Å². The van der Waals surface area contributed by atoms with Crippen molar-refractivity contribution in [3.05, 3.63) is 52.5 Å². The minimum Gasteiger partial charge on any atom is -0.495 e. The molecule has 0 bridgehead atoms. The van der Waals surface area contributed by atoms with Gasteiger partial charge in [-0.25, -0.2) is 12.7 Å². The van der Waals surface area contributed by atoms with Crippen molar-refractivity contribution in [1.82, 2.24) is 4.31 Å². The summed E-state index contributed by atoms with van der Waals surface area (Å²) in [5, 5.41) is 2.78. The lowest BCUT2D eigenvalue weighted by Crippen LogP contribution is -2.23. The fraction of sp³-hybridized carbons (Fsp3) is 0.235. The Kier molecular flexibility index (Phi) is 5.72. The number of benzene rings is 2. The molecule has 25 heavy (non-hydrogen) atoms. The number of methoxy groups -OCH3 is 1. The van der Waals surface area contributed by atoms with Gasteiger partial charge in [0.25, 0.3) is 5.91 Å². The van der Waals surface area contributed by atoms with Crippen LogP contribution in [0.15, 0.2) is 41.3 Å². The number of anilines is 1. The van der Waals surface area contributed by atoms with Gasteiger partial charge in [0, 0.05) is 19.7 Å². The number of carbonyl (C=O) groups excluding carboxylic acids is 1. The summed E-state index contributed by atoms with van der Waals surface area (Å²) in [6, 6.07) is 9.49. The Bertz CT molecular complexity index is 911.